The highest BCUT2D eigenvalue weighted by Gasteiger charge is 2.34. The Morgan fingerprint density at radius 2 is 1.60 bits per heavy atom. The van der Waals surface area contributed by atoms with Gasteiger partial charge in [-0.3, -0.25) is 0 Å². The second kappa shape index (κ2) is 4.62. The molecule has 0 saturated carbocycles. The number of halogens is 2. The fourth-order valence-corrected chi connectivity index (χ4v) is 2.96. The van der Waals surface area contributed by atoms with E-state index in [1.807, 2.05) is 0 Å². The topological polar surface area (TPSA) is 25.8 Å². The van der Waals surface area contributed by atoms with E-state index in [1.54, 1.807) is 6.07 Å². The van der Waals surface area contributed by atoms with E-state index in [1.165, 1.54) is 18.2 Å². The van der Waals surface area contributed by atoms with Crippen molar-refractivity contribution in [3.05, 3.63) is 47.2 Å². The number of aromatic nitrogens is 2. The quantitative estimate of drug-likeness (QED) is 0.775. The van der Waals surface area contributed by atoms with Crippen LogP contribution in [0.1, 0.15) is 43.9 Å². The third-order valence-corrected chi connectivity index (χ3v) is 4.57. The molecule has 0 radical (unpaired) electrons. The van der Waals surface area contributed by atoms with Crippen molar-refractivity contribution in [3.63, 3.8) is 0 Å². The molecule has 20 heavy (non-hydrogen) atoms. The Kier molecular flexibility index (Phi) is 3.04. The third-order valence-electron chi connectivity index (χ3n) is 4.57. The van der Waals surface area contributed by atoms with Gasteiger partial charge in [0, 0.05) is 5.92 Å². The molecule has 4 heteroatoms. The van der Waals surface area contributed by atoms with Crippen molar-refractivity contribution in [1.82, 2.24) is 10.2 Å². The molecule has 104 valence electrons. The van der Waals surface area contributed by atoms with Crippen LogP contribution in [0.15, 0.2) is 24.3 Å². The SMILES string of the molecule is CC1c2cc(-c3c(F)cccc3F)nnc2[C@H](C)[C@H]1C. The minimum atomic E-state index is -0.606. The summed E-state index contributed by atoms with van der Waals surface area (Å²) in [6, 6.07) is 5.61. The summed E-state index contributed by atoms with van der Waals surface area (Å²) in [6.45, 7) is 6.40. The van der Waals surface area contributed by atoms with Gasteiger partial charge in [-0.05, 0) is 35.6 Å². The van der Waals surface area contributed by atoms with E-state index in [0.717, 1.165) is 11.3 Å². The summed E-state index contributed by atoms with van der Waals surface area (Å²) in [6.07, 6.45) is 0. The molecule has 1 aliphatic rings. The Balaban J connectivity index is 2.16. The predicted octanol–water partition coefficient (Wildman–Crippen LogP) is 4.28. The van der Waals surface area contributed by atoms with Crippen molar-refractivity contribution in [2.24, 2.45) is 5.92 Å². The molecule has 1 aromatic heterocycles. The average Bonchev–Trinajstić information content (AvgIpc) is 2.64. The molecule has 0 aliphatic heterocycles. The van der Waals surface area contributed by atoms with Crippen LogP contribution in [0.25, 0.3) is 11.3 Å². The first-order valence-electron chi connectivity index (χ1n) is 6.82. The lowest BCUT2D eigenvalue weighted by Crippen LogP contribution is -2.02. The van der Waals surface area contributed by atoms with Gasteiger partial charge >= 0.3 is 0 Å². The Morgan fingerprint density at radius 3 is 2.25 bits per heavy atom. The van der Waals surface area contributed by atoms with Gasteiger partial charge in [-0.2, -0.15) is 10.2 Å². The molecule has 0 saturated heterocycles. The highest BCUT2D eigenvalue weighted by atomic mass is 19.1. The van der Waals surface area contributed by atoms with Crippen LogP contribution in [0.2, 0.25) is 0 Å². The molecular formula is C16H16F2N2. The fourth-order valence-electron chi connectivity index (χ4n) is 2.96. The van der Waals surface area contributed by atoms with Crippen molar-refractivity contribution in [2.75, 3.05) is 0 Å². The van der Waals surface area contributed by atoms with Gasteiger partial charge < -0.3 is 0 Å². The molecule has 3 atom stereocenters. The van der Waals surface area contributed by atoms with Crippen LogP contribution >= 0.6 is 0 Å². The second-order valence-corrected chi connectivity index (χ2v) is 5.60. The average molecular weight is 274 g/mol. The van der Waals surface area contributed by atoms with Crippen LogP contribution in [-0.2, 0) is 0 Å². The summed E-state index contributed by atoms with van der Waals surface area (Å²) in [5, 5.41) is 8.25. The smallest absolute Gasteiger partial charge is 0.135 e. The zero-order chi connectivity index (χ0) is 14.4. The van der Waals surface area contributed by atoms with Gasteiger partial charge in [-0.1, -0.05) is 26.8 Å². The number of nitrogens with zero attached hydrogens (tertiary/aromatic N) is 2. The lowest BCUT2D eigenvalue weighted by Gasteiger charge is -2.12. The molecule has 1 heterocycles. The monoisotopic (exact) mass is 274 g/mol. The third kappa shape index (κ3) is 1.82. The maximum absolute atomic E-state index is 13.8. The molecule has 2 aromatic rings. The van der Waals surface area contributed by atoms with E-state index >= 15 is 0 Å². The highest BCUT2D eigenvalue weighted by Crippen LogP contribution is 2.45. The molecule has 0 amide bonds. The van der Waals surface area contributed by atoms with Crippen molar-refractivity contribution in [3.8, 4) is 11.3 Å². The number of fused-ring (bicyclic) bond motifs is 1. The molecule has 0 N–H and O–H groups in total. The van der Waals surface area contributed by atoms with Gasteiger partial charge in [0.05, 0.1) is 17.0 Å². The van der Waals surface area contributed by atoms with Gasteiger partial charge in [-0.15, -0.1) is 0 Å². The van der Waals surface area contributed by atoms with Gasteiger partial charge in [0.25, 0.3) is 0 Å². The van der Waals surface area contributed by atoms with Gasteiger partial charge in [0.2, 0.25) is 0 Å². The second-order valence-electron chi connectivity index (χ2n) is 5.60. The van der Waals surface area contributed by atoms with Crippen molar-refractivity contribution < 1.29 is 8.78 Å². The zero-order valence-electron chi connectivity index (χ0n) is 11.7. The Labute approximate surface area is 116 Å². The van der Waals surface area contributed by atoms with Crippen molar-refractivity contribution >= 4 is 0 Å². The summed E-state index contributed by atoms with van der Waals surface area (Å²) < 4.78 is 27.7. The van der Waals surface area contributed by atoms with E-state index < -0.39 is 11.6 Å². The van der Waals surface area contributed by atoms with E-state index in [0.29, 0.717) is 17.8 Å². The Bertz CT molecular complexity index is 649. The minimum Gasteiger partial charge on any atom is -0.206 e. The van der Waals surface area contributed by atoms with E-state index in [-0.39, 0.29) is 11.3 Å². The maximum Gasteiger partial charge on any atom is 0.135 e. The van der Waals surface area contributed by atoms with Crippen LogP contribution in [0.5, 0.6) is 0 Å². The molecule has 2 nitrogen and oxygen atoms in total. The van der Waals surface area contributed by atoms with Crippen molar-refractivity contribution in [1.29, 1.82) is 0 Å². The Hall–Kier alpha value is -1.84. The van der Waals surface area contributed by atoms with Crippen molar-refractivity contribution in [2.45, 2.75) is 32.6 Å². The number of rotatable bonds is 1. The maximum atomic E-state index is 13.8. The molecule has 1 aromatic carbocycles. The first-order valence-corrected chi connectivity index (χ1v) is 6.82. The van der Waals surface area contributed by atoms with Crippen LogP contribution in [0.4, 0.5) is 8.78 Å². The number of hydrogen-bond acceptors (Lipinski definition) is 2. The lowest BCUT2D eigenvalue weighted by atomic mass is 9.91. The minimum absolute atomic E-state index is 0.0952. The predicted molar refractivity (Wildman–Crippen MR) is 73.4 cm³/mol. The van der Waals surface area contributed by atoms with Crippen LogP contribution < -0.4 is 0 Å². The Morgan fingerprint density at radius 1 is 0.950 bits per heavy atom. The number of hydrogen-bond donors (Lipinski definition) is 0. The van der Waals surface area contributed by atoms with Gasteiger partial charge in [0.15, 0.2) is 0 Å². The summed E-state index contributed by atoms with van der Waals surface area (Å²) >= 11 is 0. The molecule has 1 unspecified atom stereocenters. The summed E-state index contributed by atoms with van der Waals surface area (Å²) in [7, 11) is 0. The lowest BCUT2D eigenvalue weighted by molar-refractivity contribution is 0.460. The first kappa shape index (κ1) is 13.2. The summed E-state index contributed by atoms with van der Waals surface area (Å²) in [4.78, 5) is 0. The van der Waals surface area contributed by atoms with Crippen LogP contribution in [0.3, 0.4) is 0 Å². The largest absolute Gasteiger partial charge is 0.206 e. The zero-order valence-corrected chi connectivity index (χ0v) is 11.7. The normalized spacial score (nSPS) is 24.8. The summed E-state index contributed by atoms with van der Waals surface area (Å²) in [5.74, 6) is -0.104. The van der Waals surface area contributed by atoms with E-state index in [2.05, 4.69) is 31.0 Å². The molecule has 3 rings (SSSR count). The summed E-state index contributed by atoms with van der Waals surface area (Å²) in [5.41, 5.74) is 2.18. The number of benzene rings is 1. The van der Waals surface area contributed by atoms with Crippen LogP contribution in [0, 0.1) is 17.6 Å². The molecule has 1 aliphatic carbocycles. The fraction of sp³-hybridized carbons (Fsp3) is 0.375. The van der Waals surface area contributed by atoms with Gasteiger partial charge in [-0.25, -0.2) is 8.78 Å². The van der Waals surface area contributed by atoms with E-state index in [9.17, 15) is 8.78 Å². The van der Waals surface area contributed by atoms with E-state index in [4.69, 9.17) is 0 Å². The molecular weight excluding hydrogens is 258 g/mol. The molecule has 0 fully saturated rings. The first-order chi connectivity index (χ1) is 9.50. The van der Waals surface area contributed by atoms with Gasteiger partial charge in [0.1, 0.15) is 11.6 Å². The molecule has 0 bridgehead atoms. The standard InChI is InChI=1S/C16H16F2N2/c1-8-9(2)11-7-14(19-20-16(11)10(8)3)15-12(17)5-4-6-13(15)18/h4-10H,1-3H3/t8-,9?,10+/m0/s1. The van der Waals surface area contributed by atoms with Crippen LogP contribution in [-0.4, -0.2) is 10.2 Å². The highest BCUT2D eigenvalue weighted by molar-refractivity contribution is 5.62. The molecule has 0 spiro atoms.